The third kappa shape index (κ3) is 5.93. The Morgan fingerprint density at radius 1 is 1.00 bits per heavy atom. The maximum absolute atomic E-state index is 13.7. The first-order valence-corrected chi connectivity index (χ1v) is 11.8. The van der Waals surface area contributed by atoms with Gasteiger partial charge >= 0.3 is 18.0 Å². The van der Waals surface area contributed by atoms with Crippen molar-refractivity contribution >= 4 is 45.7 Å². The minimum Gasteiger partial charge on any atom is -0.371 e. The molecule has 37 heavy (non-hydrogen) atoms. The molecular weight excluding hydrogens is 519 g/mol. The van der Waals surface area contributed by atoms with E-state index < -0.39 is 41.0 Å². The molecule has 1 aliphatic rings. The molecule has 1 aliphatic carbocycles. The summed E-state index contributed by atoms with van der Waals surface area (Å²) in [6.07, 6.45) is -2.72. The van der Waals surface area contributed by atoms with Crippen molar-refractivity contribution in [2.24, 2.45) is 0 Å². The van der Waals surface area contributed by atoms with Gasteiger partial charge in [-0.05, 0) is 62.1 Å². The fourth-order valence-electron chi connectivity index (χ4n) is 4.46. The van der Waals surface area contributed by atoms with E-state index in [1.165, 1.54) is 12.1 Å². The van der Waals surface area contributed by atoms with Gasteiger partial charge in [0.05, 0.1) is 5.52 Å². The lowest BCUT2D eigenvalue weighted by molar-refractivity contribution is -0.140. The maximum atomic E-state index is 13.7. The average molecular weight is 541 g/mol. The number of hydrogen-bond donors (Lipinski definition) is 2. The first kappa shape index (κ1) is 26.6. The molecule has 0 aliphatic heterocycles. The molecule has 0 atom stereocenters. The molecule has 2 N–H and O–H groups in total. The lowest BCUT2D eigenvalue weighted by Crippen LogP contribution is -2.46. The largest absolute Gasteiger partial charge is 0.433 e. The van der Waals surface area contributed by atoms with Crippen LogP contribution in [0.4, 0.5) is 33.3 Å². The first-order valence-electron chi connectivity index (χ1n) is 11.4. The van der Waals surface area contributed by atoms with Crippen LogP contribution in [0, 0.1) is 11.6 Å². The van der Waals surface area contributed by atoms with E-state index in [9.17, 15) is 31.5 Å². The Balaban J connectivity index is 1.42. The molecule has 0 radical (unpaired) electrons. The standard InChI is InChI=1S/C25H22ClF5N4O2/c1-35(20-12-21(25(29,30)31)33-19-10-5-13(26)11-16(19)20)15-8-6-14(7-9-15)32-23(36)24(37)34-22-17(27)3-2-4-18(22)28/h2-5,10-12,14-15H,6-9H2,1H3,(H,32,36)(H,34,37)/t14-,15+. The number of rotatable bonds is 4. The summed E-state index contributed by atoms with van der Waals surface area (Å²) >= 11 is 6.09. The van der Waals surface area contributed by atoms with Gasteiger partial charge in [0.1, 0.15) is 23.0 Å². The molecule has 1 saturated carbocycles. The van der Waals surface area contributed by atoms with Crippen LogP contribution in [0.3, 0.4) is 0 Å². The second kappa shape index (κ2) is 10.5. The average Bonchev–Trinajstić information content (AvgIpc) is 2.85. The van der Waals surface area contributed by atoms with Gasteiger partial charge in [-0.3, -0.25) is 9.59 Å². The number of pyridine rings is 1. The molecule has 1 aromatic heterocycles. The van der Waals surface area contributed by atoms with Crippen molar-refractivity contribution in [3.8, 4) is 0 Å². The molecule has 3 aromatic rings. The summed E-state index contributed by atoms with van der Waals surface area (Å²) in [5.74, 6) is -4.27. The molecule has 4 rings (SSSR count). The van der Waals surface area contributed by atoms with Gasteiger partial charge in [-0.1, -0.05) is 17.7 Å². The molecule has 2 aromatic carbocycles. The Kier molecular flexibility index (Phi) is 7.54. The zero-order valence-electron chi connectivity index (χ0n) is 19.5. The maximum Gasteiger partial charge on any atom is 0.433 e. The van der Waals surface area contributed by atoms with Crippen LogP contribution < -0.4 is 15.5 Å². The number of carbonyl (C=O) groups excluding carboxylic acids is 2. The molecule has 0 spiro atoms. The summed E-state index contributed by atoms with van der Waals surface area (Å²) in [4.78, 5) is 29.9. The number of halogens is 6. The van der Waals surface area contributed by atoms with Crippen LogP contribution in [-0.4, -0.2) is 35.9 Å². The van der Waals surface area contributed by atoms with Crippen molar-refractivity contribution in [2.75, 3.05) is 17.3 Å². The van der Waals surface area contributed by atoms with Crippen LogP contribution in [0.15, 0.2) is 42.5 Å². The van der Waals surface area contributed by atoms with Crippen LogP contribution in [0.25, 0.3) is 10.9 Å². The number of aromatic nitrogens is 1. The van der Waals surface area contributed by atoms with E-state index >= 15 is 0 Å². The molecular formula is C25H22ClF5N4O2. The summed E-state index contributed by atoms with van der Waals surface area (Å²) in [5.41, 5.74) is -1.23. The molecule has 1 fully saturated rings. The summed E-state index contributed by atoms with van der Waals surface area (Å²) in [6.45, 7) is 0. The highest BCUT2D eigenvalue weighted by Gasteiger charge is 2.35. The van der Waals surface area contributed by atoms with Crippen molar-refractivity contribution in [2.45, 2.75) is 43.9 Å². The number of amides is 2. The summed E-state index contributed by atoms with van der Waals surface area (Å²) in [7, 11) is 1.69. The van der Waals surface area contributed by atoms with Gasteiger partial charge in [-0.25, -0.2) is 13.8 Å². The van der Waals surface area contributed by atoms with Crippen LogP contribution in [-0.2, 0) is 15.8 Å². The lowest BCUT2D eigenvalue weighted by Gasteiger charge is -2.36. The van der Waals surface area contributed by atoms with Gasteiger partial charge in [-0.2, -0.15) is 13.2 Å². The number of hydrogen-bond acceptors (Lipinski definition) is 4. The predicted molar refractivity (Wildman–Crippen MR) is 129 cm³/mol. The fourth-order valence-corrected chi connectivity index (χ4v) is 4.63. The van der Waals surface area contributed by atoms with E-state index in [1.54, 1.807) is 18.0 Å². The smallest absolute Gasteiger partial charge is 0.371 e. The van der Waals surface area contributed by atoms with E-state index in [2.05, 4.69) is 10.3 Å². The van der Waals surface area contributed by atoms with E-state index in [0.29, 0.717) is 41.8 Å². The number of nitrogens with one attached hydrogen (secondary N) is 2. The SMILES string of the molecule is CN(c1cc(C(F)(F)F)nc2ccc(Cl)cc12)[C@H]1CC[C@@H](NC(=O)C(=O)Nc2c(F)cccc2F)CC1. The van der Waals surface area contributed by atoms with E-state index in [-0.39, 0.29) is 17.6 Å². The van der Waals surface area contributed by atoms with Gasteiger partial charge in [-0.15, -0.1) is 0 Å². The molecule has 0 unspecified atom stereocenters. The van der Waals surface area contributed by atoms with Gasteiger partial charge < -0.3 is 15.5 Å². The normalized spacial score (nSPS) is 17.9. The Morgan fingerprint density at radius 2 is 1.65 bits per heavy atom. The van der Waals surface area contributed by atoms with Crippen molar-refractivity contribution in [1.29, 1.82) is 0 Å². The number of alkyl halides is 3. The second-order valence-electron chi connectivity index (χ2n) is 8.83. The highest BCUT2D eigenvalue weighted by molar-refractivity contribution is 6.39. The zero-order chi connectivity index (χ0) is 26.9. The van der Waals surface area contributed by atoms with Crippen molar-refractivity contribution in [3.05, 3.63) is 64.8 Å². The number of nitrogens with zero attached hydrogens (tertiary/aromatic N) is 2. The van der Waals surface area contributed by atoms with Crippen LogP contribution >= 0.6 is 11.6 Å². The second-order valence-corrected chi connectivity index (χ2v) is 9.26. The predicted octanol–water partition coefficient (Wildman–Crippen LogP) is 5.69. The molecule has 12 heteroatoms. The van der Waals surface area contributed by atoms with Crippen LogP contribution in [0.1, 0.15) is 31.4 Å². The third-order valence-corrected chi connectivity index (χ3v) is 6.64. The highest BCUT2D eigenvalue weighted by atomic mass is 35.5. The van der Waals surface area contributed by atoms with E-state index in [0.717, 1.165) is 24.3 Å². The van der Waals surface area contributed by atoms with Crippen molar-refractivity contribution < 1.29 is 31.5 Å². The number of benzene rings is 2. The monoisotopic (exact) mass is 540 g/mol. The highest BCUT2D eigenvalue weighted by Crippen LogP contribution is 2.37. The molecule has 6 nitrogen and oxygen atoms in total. The Labute approximate surface area is 213 Å². The quantitative estimate of drug-likeness (QED) is 0.329. The molecule has 0 saturated heterocycles. The molecule has 2 amide bonds. The van der Waals surface area contributed by atoms with Gasteiger partial charge in [0, 0.05) is 35.2 Å². The van der Waals surface area contributed by atoms with Crippen molar-refractivity contribution in [1.82, 2.24) is 10.3 Å². The topological polar surface area (TPSA) is 74.3 Å². The Morgan fingerprint density at radius 3 is 2.27 bits per heavy atom. The summed E-state index contributed by atoms with van der Waals surface area (Å²) in [5, 5.41) is 5.34. The summed E-state index contributed by atoms with van der Waals surface area (Å²) < 4.78 is 67.9. The number of anilines is 2. The summed E-state index contributed by atoms with van der Waals surface area (Å²) in [6, 6.07) is 7.97. The third-order valence-electron chi connectivity index (χ3n) is 6.41. The molecule has 1 heterocycles. The van der Waals surface area contributed by atoms with Gasteiger partial charge in [0.15, 0.2) is 0 Å². The van der Waals surface area contributed by atoms with Gasteiger partial charge in [0.25, 0.3) is 0 Å². The van der Waals surface area contributed by atoms with E-state index in [1.807, 2.05) is 5.32 Å². The Bertz CT molecular complexity index is 1320. The van der Waals surface area contributed by atoms with Crippen LogP contribution in [0.2, 0.25) is 5.02 Å². The first-order chi connectivity index (χ1) is 17.4. The minimum atomic E-state index is -4.63. The molecule has 0 bridgehead atoms. The lowest BCUT2D eigenvalue weighted by atomic mass is 9.89. The Hall–Kier alpha value is -3.47. The van der Waals surface area contributed by atoms with Crippen molar-refractivity contribution in [3.63, 3.8) is 0 Å². The number of carbonyl (C=O) groups is 2. The number of fused-ring (bicyclic) bond motifs is 1. The van der Waals surface area contributed by atoms with Gasteiger partial charge in [0.2, 0.25) is 0 Å². The number of para-hydroxylation sites is 1. The molecule has 196 valence electrons. The van der Waals surface area contributed by atoms with Crippen LogP contribution in [0.5, 0.6) is 0 Å². The van der Waals surface area contributed by atoms with E-state index in [4.69, 9.17) is 11.6 Å². The minimum absolute atomic E-state index is 0.153. The zero-order valence-corrected chi connectivity index (χ0v) is 20.3. The fraction of sp³-hybridized carbons (Fsp3) is 0.320.